The predicted octanol–water partition coefficient (Wildman–Crippen LogP) is 0.145. The number of hydrogen-bond donors (Lipinski definition) is 0. The average molecular weight is 446 g/mol. The highest BCUT2D eigenvalue weighted by Crippen LogP contribution is 2.16. The Kier molecular flexibility index (Phi) is 6.19. The van der Waals surface area contributed by atoms with Crippen LogP contribution in [0.2, 0.25) is 6.82 Å². The van der Waals surface area contributed by atoms with E-state index >= 15 is 0 Å². The van der Waals surface area contributed by atoms with Crippen molar-refractivity contribution in [2.45, 2.75) is 6.82 Å². The molecule has 0 unspecified atom stereocenters. The van der Waals surface area contributed by atoms with Gasteiger partial charge in [-0.2, -0.15) is 16.8 Å². The Labute approximate surface area is 167 Å². The fourth-order valence-electron chi connectivity index (χ4n) is 2.46. The topological polar surface area (TPSA) is 114 Å². The Hall–Kier alpha value is -2.13. The van der Waals surface area contributed by atoms with Crippen molar-refractivity contribution in [1.29, 1.82) is 0 Å². The van der Waals surface area contributed by atoms with Crippen molar-refractivity contribution >= 4 is 53.3 Å². The summed E-state index contributed by atoms with van der Waals surface area (Å²) < 4.78 is 92.2. The molecular formula is C13H11B3F2O9S2. The van der Waals surface area contributed by atoms with Crippen molar-refractivity contribution in [2.24, 2.45) is 0 Å². The molecule has 0 saturated carbocycles. The highest BCUT2D eigenvalue weighted by molar-refractivity contribution is 7.82. The maximum atomic E-state index is 12.6. The summed E-state index contributed by atoms with van der Waals surface area (Å²) in [7, 11) is -12.8. The van der Waals surface area contributed by atoms with Crippen LogP contribution in [-0.2, 0) is 34.7 Å². The van der Waals surface area contributed by atoms with Gasteiger partial charge in [-0.3, -0.25) is 0 Å². The SMILES string of the molecule is CB1OB(c2ccc(OS(=O)(=O)F)cc2)OB(c2ccc(OS(=O)(=O)F)cc2)O1. The first kappa shape index (κ1) is 21.6. The molecule has 3 rings (SSSR count). The van der Waals surface area contributed by atoms with Gasteiger partial charge in [-0.15, -0.1) is 0 Å². The van der Waals surface area contributed by atoms with Crippen LogP contribution in [0.25, 0.3) is 0 Å². The first-order valence-corrected chi connectivity index (χ1v) is 10.5. The van der Waals surface area contributed by atoms with Crippen molar-refractivity contribution in [3.8, 4) is 11.5 Å². The van der Waals surface area contributed by atoms with Gasteiger partial charge in [0.15, 0.2) is 0 Å². The second-order valence-corrected chi connectivity index (χ2v) is 7.64. The van der Waals surface area contributed by atoms with Gasteiger partial charge >= 0.3 is 42.4 Å². The van der Waals surface area contributed by atoms with E-state index in [1.807, 2.05) is 0 Å². The van der Waals surface area contributed by atoms with Crippen LogP contribution in [0, 0.1) is 0 Å². The minimum atomic E-state index is -5.14. The monoisotopic (exact) mass is 446 g/mol. The molecule has 0 bridgehead atoms. The highest BCUT2D eigenvalue weighted by Gasteiger charge is 2.40. The molecule has 1 fully saturated rings. The normalized spacial score (nSPS) is 15.3. The van der Waals surface area contributed by atoms with Crippen molar-refractivity contribution in [1.82, 2.24) is 0 Å². The molecule has 0 atom stereocenters. The Morgan fingerprint density at radius 3 is 1.34 bits per heavy atom. The molecule has 0 aliphatic carbocycles. The number of hydrogen-bond acceptors (Lipinski definition) is 9. The number of rotatable bonds is 6. The molecule has 1 heterocycles. The molecule has 152 valence electrons. The Morgan fingerprint density at radius 1 is 0.690 bits per heavy atom. The smallest absolute Gasteiger partial charge is 0.449 e. The summed E-state index contributed by atoms with van der Waals surface area (Å²) in [5, 5.41) is 0. The molecule has 0 radical (unpaired) electrons. The molecule has 0 amide bonds. The average Bonchev–Trinajstić information content (AvgIpc) is 2.60. The highest BCUT2D eigenvalue weighted by atomic mass is 32.3. The van der Waals surface area contributed by atoms with E-state index in [1.54, 1.807) is 6.82 Å². The Bertz CT molecular complexity index is 980. The third-order valence-electron chi connectivity index (χ3n) is 3.57. The second-order valence-electron chi connectivity index (χ2n) is 5.73. The minimum Gasteiger partial charge on any atom is -0.449 e. The van der Waals surface area contributed by atoms with E-state index in [1.165, 1.54) is 48.5 Å². The zero-order chi connectivity index (χ0) is 21.2. The van der Waals surface area contributed by atoms with Crippen LogP contribution in [0.4, 0.5) is 7.77 Å². The standard InChI is InChI=1S/C13H11B3F2O9S2/c1-14-25-15(10-2-6-12(7-3-10)23-28(17,19)20)27-16(26-14)11-4-8-13(9-5-11)24-29(18,21)22/h2-9H,1H3. The van der Waals surface area contributed by atoms with Gasteiger partial charge in [-0.1, -0.05) is 32.0 Å². The maximum absolute atomic E-state index is 12.6. The van der Waals surface area contributed by atoms with Gasteiger partial charge in [-0.25, -0.2) is 0 Å². The molecular weight excluding hydrogens is 435 g/mol. The maximum Gasteiger partial charge on any atom is 0.488 e. The van der Waals surface area contributed by atoms with Gasteiger partial charge in [0, 0.05) is 0 Å². The lowest BCUT2D eigenvalue weighted by molar-refractivity contribution is 0.304. The third-order valence-corrected chi connectivity index (χ3v) is 4.36. The first-order chi connectivity index (χ1) is 13.5. The summed E-state index contributed by atoms with van der Waals surface area (Å²) >= 11 is 0. The molecule has 0 spiro atoms. The van der Waals surface area contributed by atoms with Crippen LogP contribution in [0.5, 0.6) is 11.5 Å². The van der Waals surface area contributed by atoms with Crippen LogP contribution in [0.15, 0.2) is 48.5 Å². The molecule has 16 heteroatoms. The van der Waals surface area contributed by atoms with Crippen molar-refractivity contribution < 1.29 is 46.7 Å². The van der Waals surface area contributed by atoms with Crippen LogP contribution >= 0.6 is 0 Å². The van der Waals surface area contributed by atoms with Gasteiger partial charge in [0.25, 0.3) is 0 Å². The largest absolute Gasteiger partial charge is 0.488 e. The molecule has 2 aromatic rings. The zero-order valence-corrected chi connectivity index (χ0v) is 16.2. The van der Waals surface area contributed by atoms with Crippen LogP contribution in [0.1, 0.15) is 0 Å². The first-order valence-electron chi connectivity index (χ1n) is 7.93. The van der Waals surface area contributed by atoms with Gasteiger partial charge in [-0.05, 0) is 42.0 Å². The number of benzene rings is 2. The van der Waals surface area contributed by atoms with E-state index in [0.29, 0.717) is 10.9 Å². The lowest BCUT2D eigenvalue weighted by Crippen LogP contribution is -2.57. The van der Waals surface area contributed by atoms with Crippen molar-refractivity contribution in [2.75, 3.05) is 0 Å². The van der Waals surface area contributed by atoms with Crippen LogP contribution < -0.4 is 19.3 Å². The molecule has 2 aromatic carbocycles. The van der Waals surface area contributed by atoms with Gasteiger partial charge in [0.05, 0.1) is 0 Å². The summed E-state index contributed by atoms with van der Waals surface area (Å²) in [6, 6.07) is 10.6. The molecule has 0 aromatic heterocycles. The molecule has 1 saturated heterocycles. The predicted molar refractivity (Wildman–Crippen MR) is 99.8 cm³/mol. The lowest BCUT2D eigenvalue weighted by atomic mass is 9.64. The Balaban J connectivity index is 1.73. The Morgan fingerprint density at radius 2 is 1.03 bits per heavy atom. The molecule has 9 nitrogen and oxygen atoms in total. The van der Waals surface area contributed by atoms with E-state index < -0.39 is 42.4 Å². The summed E-state index contributed by atoms with van der Waals surface area (Å²) in [6.07, 6.45) is 0. The molecule has 1 aliphatic heterocycles. The second kappa shape index (κ2) is 8.32. The minimum absolute atomic E-state index is 0.230. The van der Waals surface area contributed by atoms with Gasteiger partial charge < -0.3 is 22.1 Å². The lowest BCUT2D eigenvalue weighted by Gasteiger charge is -2.29. The zero-order valence-electron chi connectivity index (χ0n) is 14.6. The van der Waals surface area contributed by atoms with Crippen molar-refractivity contribution in [3.63, 3.8) is 0 Å². The summed E-state index contributed by atoms with van der Waals surface area (Å²) in [5.74, 6) is -0.461. The molecule has 0 N–H and O–H groups in total. The quantitative estimate of drug-likeness (QED) is 0.452. The fourth-order valence-corrected chi connectivity index (χ4v) is 3.14. The van der Waals surface area contributed by atoms with E-state index in [-0.39, 0.29) is 11.5 Å². The van der Waals surface area contributed by atoms with Gasteiger partial charge in [0.2, 0.25) is 0 Å². The summed E-state index contributed by atoms with van der Waals surface area (Å²) in [6.45, 7) is 1.61. The van der Waals surface area contributed by atoms with Crippen LogP contribution in [-0.4, -0.2) is 38.2 Å². The number of halogens is 2. The fraction of sp³-hybridized carbons (Fsp3) is 0.0769. The van der Waals surface area contributed by atoms with E-state index in [4.69, 9.17) is 13.7 Å². The summed E-state index contributed by atoms with van der Waals surface area (Å²) in [5.41, 5.74) is 0.939. The van der Waals surface area contributed by atoms with E-state index in [9.17, 15) is 24.6 Å². The third kappa shape index (κ3) is 6.43. The van der Waals surface area contributed by atoms with Crippen molar-refractivity contribution in [3.05, 3.63) is 48.5 Å². The molecule has 1 aliphatic rings. The molecule has 29 heavy (non-hydrogen) atoms. The summed E-state index contributed by atoms with van der Waals surface area (Å²) in [4.78, 5) is 0. The van der Waals surface area contributed by atoms with Crippen LogP contribution in [0.3, 0.4) is 0 Å². The van der Waals surface area contributed by atoms with E-state index in [2.05, 4.69) is 8.37 Å². The van der Waals surface area contributed by atoms with E-state index in [0.717, 1.165) is 0 Å². The van der Waals surface area contributed by atoms with Gasteiger partial charge in [0.1, 0.15) is 11.5 Å².